The van der Waals surface area contributed by atoms with Gasteiger partial charge < -0.3 is 20.5 Å². The third-order valence-electron chi connectivity index (χ3n) is 3.38. The standard InChI is InChI=1S/C15H18N2O3/c1-15(2)19-12-6-5-11(8-13(12)20-15)17-14(18)9-3-4-10(16)7-9/h3-6,8-10H,7,16H2,1-2H3,(H,17,18). The molecule has 1 aliphatic carbocycles. The Balaban J connectivity index is 1.71. The average Bonchev–Trinajstić information content (AvgIpc) is 2.90. The first-order chi connectivity index (χ1) is 9.43. The molecule has 2 unspecified atom stereocenters. The topological polar surface area (TPSA) is 73.6 Å². The molecular formula is C15H18N2O3. The van der Waals surface area contributed by atoms with Gasteiger partial charge in [-0.05, 0) is 18.6 Å². The molecule has 0 spiro atoms. The number of amides is 1. The largest absolute Gasteiger partial charge is 0.449 e. The fourth-order valence-corrected chi connectivity index (χ4v) is 2.46. The second-order valence-electron chi connectivity index (χ2n) is 5.65. The zero-order valence-electron chi connectivity index (χ0n) is 11.6. The van der Waals surface area contributed by atoms with E-state index in [1.54, 1.807) is 18.2 Å². The smallest absolute Gasteiger partial charge is 0.246 e. The van der Waals surface area contributed by atoms with Crippen molar-refractivity contribution in [2.24, 2.45) is 11.7 Å². The van der Waals surface area contributed by atoms with Crippen LogP contribution in [0.3, 0.4) is 0 Å². The Hall–Kier alpha value is -2.01. The van der Waals surface area contributed by atoms with Crippen molar-refractivity contribution in [3.05, 3.63) is 30.4 Å². The number of fused-ring (bicyclic) bond motifs is 1. The van der Waals surface area contributed by atoms with Crippen molar-refractivity contribution < 1.29 is 14.3 Å². The predicted molar refractivity (Wildman–Crippen MR) is 75.6 cm³/mol. The van der Waals surface area contributed by atoms with Crippen LogP contribution in [-0.4, -0.2) is 17.7 Å². The van der Waals surface area contributed by atoms with Crippen LogP contribution >= 0.6 is 0 Å². The van der Waals surface area contributed by atoms with Crippen molar-refractivity contribution in [2.45, 2.75) is 32.1 Å². The van der Waals surface area contributed by atoms with E-state index >= 15 is 0 Å². The Bertz CT molecular complexity index is 580. The van der Waals surface area contributed by atoms with E-state index < -0.39 is 5.79 Å². The number of anilines is 1. The van der Waals surface area contributed by atoms with Crippen LogP contribution in [0.1, 0.15) is 20.3 Å². The summed E-state index contributed by atoms with van der Waals surface area (Å²) in [5, 5.41) is 2.88. The molecule has 0 saturated carbocycles. The number of hydrogen-bond donors (Lipinski definition) is 2. The lowest BCUT2D eigenvalue weighted by molar-refractivity contribution is -0.118. The lowest BCUT2D eigenvalue weighted by atomic mass is 10.1. The van der Waals surface area contributed by atoms with Gasteiger partial charge in [-0.25, -0.2) is 0 Å². The van der Waals surface area contributed by atoms with Crippen molar-refractivity contribution in [3.8, 4) is 11.5 Å². The van der Waals surface area contributed by atoms with Crippen LogP contribution < -0.4 is 20.5 Å². The molecular weight excluding hydrogens is 256 g/mol. The third kappa shape index (κ3) is 2.49. The summed E-state index contributed by atoms with van der Waals surface area (Å²) in [7, 11) is 0. The molecule has 1 aromatic carbocycles. The summed E-state index contributed by atoms with van der Waals surface area (Å²) in [6, 6.07) is 5.36. The molecule has 3 N–H and O–H groups in total. The maximum Gasteiger partial charge on any atom is 0.246 e. The number of rotatable bonds is 2. The molecule has 1 amide bonds. The first-order valence-corrected chi connectivity index (χ1v) is 6.70. The maximum atomic E-state index is 12.1. The van der Waals surface area contributed by atoms with Crippen LogP contribution in [0.15, 0.2) is 30.4 Å². The molecule has 0 radical (unpaired) electrons. The van der Waals surface area contributed by atoms with E-state index in [2.05, 4.69) is 5.32 Å². The van der Waals surface area contributed by atoms with Gasteiger partial charge in [0, 0.05) is 31.6 Å². The summed E-state index contributed by atoms with van der Waals surface area (Å²) in [6.45, 7) is 3.69. The van der Waals surface area contributed by atoms with Crippen LogP contribution in [0.4, 0.5) is 5.69 Å². The van der Waals surface area contributed by atoms with Crippen molar-refractivity contribution in [1.82, 2.24) is 0 Å². The highest BCUT2D eigenvalue weighted by molar-refractivity contribution is 5.94. The molecule has 0 saturated heterocycles. The van der Waals surface area contributed by atoms with E-state index in [1.165, 1.54) is 0 Å². The fourth-order valence-electron chi connectivity index (χ4n) is 2.46. The molecule has 0 aromatic heterocycles. The van der Waals surface area contributed by atoms with Crippen molar-refractivity contribution in [2.75, 3.05) is 5.32 Å². The minimum atomic E-state index is -0.661. The van der Waals surface area contributed by atoms with E-state index in [4.69, 9.17) is 15.2 Å². The summed E-state index contributed by atoms with van der Waals surface area (Å²) in [4.78, 5) is 12.1. The number of carbonyl (C=O) groups excluding carboxylic acids is 1. The summed E-state index contributed by atoms with van der Waals surface area (Å²) < 4.78 is 11.3. The molecule has 2 aliphatic rings. The van der Waals surface area contributed by atoms with Crippen LogP contribution in [0.25, 0.3) is 0 Å². The molecule has 106 valence electrons. The maximum absolute atomic E-state index is 12.1. The fraction of sp³-hybridized carbons (Fsp3) is 0.400. The molecule has 5 nitrogen and oxygen atoms in total. The van der Waals surface area contributed by atoms with Gasteiger partial charge in [0.05, 0.1) is 5.92 Å². The number of nitrogens with one attached hydrogen (secondary N) is 1. The Morgan fingerprint density at radius 2 is 2.05 bits per heavy atom. The van der Waals surface area contributed by atoms with Gasteiger partial charge in [0.1, 0.15) is 0 Å². The lowest BCUT2D eigenvalue weighted by Gasteiger charge is -2.16. The number of ether oxygens (including phenoxy) is 2. The van der Waals surface area contributed by atoms with Gasteiger partial charge in [0.25, 0.3) is 0 Å². The number of hydrogen-bond acceptors (Lipinski definition) is 4. The average molecular weight is 274 g/mol. The minimum absolute atomic E-state index is 0.0247. The number of nitrogens with two attached hydrogens (primary N) is 1. The molecule has 5 heteroatoms. The van der Waals surface area contributed by atoms with Crippen LogP contribution in [0.5, 0.6) is 11.5 Å². The Morgan fingerprint density at radius 1 is 1.30 bits per heavy atom. The van der Waals surface area contributed by atoms with Gasteiger partial charge in [-0.2, -0.15) is 0 Å². The quantitative estimate of drug-likeness (QED) is 0.809. The molecule has 0 fully saturated rings. The SMILES string of the molecule is CC1(C)Oc2ccc(NC(=O)C3C=CC(N)C3)cc2O1. The van der Waals surface area contributed by atoms with Gasteiger partial charge >= 0.3 is 0 Å². The molecule has 0 bridgehead atoms. The first kappa shape index (κ1) is 13.0. The van der Waals surface area contributed by atoms with E-state index in [9.17, 15) is 4.79 Å². The lowest BCUT2D eigenvalue weighted by Crippen LogP contribution is -2.29. The van der Waals surface area contributed by atoms with Crippen LogP contribution in [-0.2, 0) is 4.79 Å². The molecule has 1 aromatic rings. The second kappa shape index (κ2) is 4.52. The van der Waals surface area contributed by atoms with Gasteiger partial charge in [-0.3, -0.25) is 4.79 Å². The van der Waals surface area contributed by atoms with E-state index in [0.717, 1.165) is 0 Å². The predicted octanol–water partition coefficient (Wildman–Crippen LogP) is 2.04. The third-order valence-corrected chi connectivity index (χ3v) is 3.38. The molecule has 1 heterocycles. The first-order valence-electron chi connectivity index (χ1n) is 6.70. The minimum Gasteiger partial charge on any atom is -0.449 e. The summed E-state index contributed by atoms with van der Waals surface area (Å²) in [6.07, 6.45) is 4.38. The highest BCUT2D eigenvalue weighted by atomic mass is 16.7. The highest BCUT2D eigenvalue weighted by Gasteiger charge is 2.32. The molecule has 20 heavy (non-hydrogen) atoms. The van der Waals surface area contributed by atoms with Gasteiger partial charge in [0.2, 0.25) is 11.7 Å². The second-order valence-corrected chi connectivity index (χ2v) is 5.65. The van der Waals surface area contributed by atoms with Crippen molar-refractivity contribution in [3.63, 3.8) is 0 Å². The summed E-state index contributed by atoms with van der Waals surface area (Å²) >= 11 is 0. The van der Waals surface area contributed by atoms with Crippen molar-refractivity contribution in [1.29, 1.82) is 0 Å². The summed E-state index contributed by atoms with van der Waals surface area (Å²) in [5.41, 5.74) is 6.45. The van der Waals surface area contributed by atoms with Gasteiger partial charge in [-0.15, -0.1) is 0 Å². The molecule has 3 rings (SSSR count). The van der Waals surface area contributed by atoms with Crippen LogP contribution in [0.2, 0.25) is 0 Å². The molecule has 2 atom stereocenters. The van der Waals surface area contributed by atoms with E-state index in [-0.39, 0.29) is 17.9 Å². The van der Waals surface area contributed by atoms with Gasteiger partial charge in [-0.1, -0.05) is 12.2 Å². The van der Waals surface area contributed by atoms with Crippen molar-refractivity contribution >= 4 is 11.6 Å². The van der Waals surface area contributed by atoms with Crippen LogP contribution in [0, 0.1) is 5.92 Å². The van der Waals surface area contributed by atoms with E-state index in [0.29, 0.717) is 23.6 Å². The number of carbonyl (C=O) groups is 1. The van der Waals surface area contributed by atoms with Gasteiger partial charge in [0.15, 0.2) is 11.5 Å². The Labute approximate surface area is 117 Å². The summed E-state index contributed by atoms with van der Waals surface area (Å²) in [5.74, 6) is 0.466. The normalized spacial score (nSPS) is 25.8. The Kier molecular flexibility index (Phi) is 2.94. The van der Waals surface area contributed by atoms with E-state index in [1.807, 2.05) is 26.0 Å². The zero-order chi connectivity index (χ0) is 14.3. The number of benzene rings is 1. The highest BCUT2D eigenvalue weighted by Crippen LogP contribution is 2.40. The Morgan fingerprint density at radius 3 is 2.75 bits per heavy atom. The zero-order valence-corrected chi connectivity index (χ0v) is 11.6. The molecule has 1 aliphatic heterocycles. The monoisotopic (exact) mass is 274 g/mol.